The van der Waals surface area contributed by atoms with Crippen LogP contribution < -0.4 is 5.32 Å². The molecule has 112 valence electrons. The van der Waals surface area contributed by atoms with Gasteiger partial charge in [-0.2, -0.15) is 0 Å². The molecule has 1 amide bonds. The molecule has 1 heterocycles. The van der Waals surface area contributed by atoms with Gasteiger partial charge in [-0.25, -0.2) is 4.98 Å². The van der Waals surface area contributed by atoms with Gasteiger partial charge in [0.25, 0.3) is 5.91 Å². The van der Waals surface area contributed by atoms with Crippen LogP contribution in [0.25, 0.3) is 11.3 Å². The van der Waals surface area contributed by atoms with Crippen LogP contribution >= 0.6 is 0 Å². The molecule has 2 rings (SSSR count). The number of hydrogen-bond acceptors (Lipinski definition) is 4. The zero-order valence-corrected chi connectivity index (χ0v) is 12.3. The lowest BCUT2D eigenvalue weighted by Crippen LogP contribution is -2.29. The number of aryl methyl sites for hydroxylation is 1. The summed E-state index contributed by atoms with van der Waals surface area (Å²) in [6.45, 7) is 4.59. The lowest BCUT2D eigenvalue weighted by molar-refractivity contribution is 0.0941. The number of oxazole rings is 1. The van der Waals surface area contributed by atoms with Crippen LogP contribution in [0.2, 0.25) is 0 Å². The number of nitrogens with one attached hydrogen (secondary N) is 1. The third-order valence-corrected chi connectivity index (χ3v) is 3.33. The molecule has 0 aliphatic rings. The van der Waals surface area contributed by atoms with Gasteiger partial charge in [-0.05, 0) is 19.3 Å². The van der Waals surface area contributed by atoms with Gasteiger partial charge >= 0.3 is 0 Å². The summed E-state index contributed by atoms with van der Waals surface area (Å²) in [4.78, 5) is 16.2. The molecule has 1 atom stereocenters. The van der Waals surface area contributed by atoms with E-state index in [1.807, 2.05) is 38.1 Å². The van der Waals surface area contributed by atoms with E-state index in [0.717, 1.165) is 11.1 Å². The molecule has 0 radical (unpaired) electrons. The van der Waals surface area contributed by atoms with E-state index in [4.69, 9.17) is 9.52 Å². The molecular weight excluding hydrogens is 268 g/mol. The maximum atomic E-state index is 12.2. The summed E-state index contributed by atoms with van der Waals surface area (Å²) in [5.41, 5.74) is 2.25. The van der Waals surface area contributed by atoms with Crippen LogP contribution in [0.15, 0.2) is 35.1 Å². The minimum atomic E-state index is -0.260. The van der Waals surface area contributed by atoms with Crippen molar-refractivity contribution in [2.24, 2.45) is 5.92 Å². The number of benzene rings is 1. The van der Waals surface area contributed by atoms with Crippen molar-refractivity contribution in [1.29, 1.82) is 0 Å². The largest absolute Gasteiger partial charge is 0.443 e. The Hall–Kier alpha value is -2.14. The number of carbonyl (C=O) groups is 1. The molecule has 1 aromatic carbocycles. The number of rotatable bonds is 6. The Morgan fingerprint density at radius 1 is 1.38 bits per heavy atom. The number of aromatic nitrogens is 1. The van der Waals surface area contributed by atoms with Crippen molar-refractivity contribution in [2.75, 3.05) is 13.2 Å². The standard InChI is InChI=1S/C16H20N2O3/c1-11-3-5-13(6-4-11)15-14(18-10-21-15)16(20)17-9-12(2)7-8-19/h3-6,10,12,19H,7-9H2,1-2H3,(H,17,20). The van der Waals surface area contributed by atoms with E-state index in [1.54, 1.807) is 0 Å². The lowest BCUT2D eigenvalue weighted by Gasteiger charge is -2.10. The molecular formula is C16H20N2O3. The van der Waals surface area contributed by atoms with Crippen molar-refractivity contribution in [3.05, 3.63) is 41.9 Å². The number of aliphatic hydroxyl groups is 1. The molecule has 0 saturated carbocycles. The first-order valence-corrected chi connectivity index (χ1v) is 7.01. The lowest BCUT2D eigenvalue weighted by atomic mass is 10.1. The monoisotopic (exact) mass is 288 g/mol. The molecule has 0 spiro atoms. The second kappa shape index (κ2) is 7.04. The van der Waals surface area contributed by atoms with Crippen LogP contribution in [0.4, 0.5) is 0 Å². The fourth-order valence-corrected chi connectivity index (χ4v) is 1.99. The minimum Gasteiger partial charge on any atom is -0.443 e. The van der Waals surface area contributed by atoms with Gasteiger partial charge < -0.3 is 14.8 Å². The Morgan fingerprint density at radius 3 is 2.76 bits per heavy atom. The molecule has 0 bridgehead atoms. The zero-order valence-electron chi connectivity index (χ0n) is 12.3. The molecule has 5 nitrogen and oxygen atoms in total. The van der Waals surface area contributed by atoms with Crippen molar-refractivity contribution in [1.82, 2.24) is 10.3 Å². The van der Waals surface area contributed by atoms with Crippen molar-refractivity contribution in [3.63, 3.8) is 0 Å². The molecule has 1 aromatic heterocycles. The Kier molecular flexibility index (Phi) is 5.11. The summed E-state index contributed by atoms with van der Waals surface area (Å²) in [7, 11) is 0. The summed E-state index contributed by atoms with van der Waals surface area (Å²) < 4.78 is 5.35. The highest BCUT2D eigenvalue weighted by Crippen LogP contribution is 2.23. The van der Waals surface area contributed by atoms with E-state index in [9.17, 15) is 4.79 Å². The SMILES string of the molecule is Cc1ccc(-c2ocnc2C(=O)NCC(C)CCO)cc1. The first-order valence-electron chi connectivity index (χ1n) is 7.01. The van der Waals surface area contributed by atoms with Crippen LogP contribution in [0.3, 0.4) is 0 Å². The van der Waals surface area contributed by atoms with Gasteiger partial charge in [0.1, 0.15) is 0 Å². The van der Waals surface area contributed by atoms with E-state index in [-0.39, 0.29) is 24.1 Å². The van der Waals surface area contributed by atoms with Gasteiger partial charge in [-0.3, -0.25) is 4.79 Å². The number of hydrogen-bond donors (Lipinski definition) is 2. The molecule has 5 heteroatoms. The number of amides is 1. The third-order valence-electron chi connectivity index (χ3n) is 3.33. The van der Waals surface area contributed by atoms with E-state index in [0.29, 0.717) is 18.7 Å². The topological polar surface area (TPSA) is 75.4 Å². The van der Waals surface area contributed by atoms with Crippen molar-refractivity contribution in [2.45, 2.75) is 20.3 Å². The van der Waals surface area contributed by atoms with Gasteiger partial charge in [-0.15, -0.1) is 0 Å². The number of aliphatic hydroxyl groups excluding tert-OH is 1. The maximum Gasteiger partial charge on any atom is 0.273 e. The normalized spacial score (nSPS) is 12.1. The van der Waals surface area contributed by atoms with E-state index >= 15 is 0 Å². The zero-order chi connectivity index (χ0) is 15.2. The Balaban J connectivity index is 2.09. The van der Waals surface area contributed by atoms with Crippen LogP contribution in [0.1, 0.15) is 29.4 Å². The van der Waals surface area contributed by atoms with E-state index in [2.05, 4.69) is 10.3 Å². The highest BCUT2D eigenvalue weighted by Gasteiger charge is 2.18. The summed E-state index contributed by atoms with van der Waals surface area (Å²) in [6.07, 6.45) is 1.94. The van der Waals surface area contributed by atoms with Crippen LogP contribution in [-0.2, 0) is 0 Å². The number of carbonyl (C=O) groups excluding carboxylic acids is 1. The quantitative estimate of drug-likeness (QED) is 0.856. The molecule has 2 N–H and O–H groups in total. The van der Waals surface area contributed by atoms with Gasteiger partial charge in [0, 0.05) is 18.7 Å². The predicted molar refractivity (Wildman–Crippen MR) is 79.9 cm³/mol. The van der Waals surface area contributed by atoms with Gasteiger partial charge in [0.15, 0.2) is 17.8 Å². The van der Waals surface area contributed by atoms with Crippen molar-refractivity contribution >= 4 is 5.91 Å². The van der Waals surface area contributed by atoms with Crippen LogP contribution in [0, 0.1) is 12.8 Å². The second-order valence-electron chi connectivity index (χ2n) is 5.22. The second-order valence-corrected chi connectivity index (χ2v) is 5.22. The molecule has 0 fully saturated rings. The fraction of sp³-hybridized carbons (Fsp3) is 0.375. The van der Waals surface area contributed by atoms with Crippen LogP contribution in [-0.4, -0.2) is 29.1 Å². The minimum absolute atomic E-state index is 0.121. The average molecular weight is 288 g/mol. The highest BCUT2D eigenvalue weighted by atomic mass is 16.3. The molecule has 0 aliphatic heterocycles. The predicted octanol–water partition coefficient (Wildman–Crippen LogP) is 2.40. The highest BCUT2D eigenvalue weighted by molar-refractivity contribution is 5.97. The van der Waals surface area contributed by atoms with Crippen LogP contribution in [0.5, 0.6) is 0 Å². The maximum absolute atomic E-state index is 12.2. The molecule has 2 aromatic rings. The smallest absolute Gasteiger partial charge is 0.273 e. The molecule has 0 saturated heterocycles. The Labute approximate surface area is 124 Å². The van der Waals surface area contributed by atoms with Gasteiger partial charge in [0.2, 0.25) is 0 Å². The molecule has 21 heavy (non-hydrogen) atoms. The van der Waals surface area contributed by atoms with Crippen molar-refractivity contribution in [3.8, 4) is 11.3 Å². The summed E-state index contributed by atoms with van der Waals surface area (Å²) in [5, 5.41) is 11.7. The average Bonchev–Trinajstić information content (AvgIpc) is 2.95. The summed E-state index contributed by atoms with van der Waals surface area (Å²) in [5.74, 6) is 0.431. The Bertz CT molecular complexity index is 590. The molecule has 0 aliphatic carbocycles. The van der Waals surface area contributed by atoms with Crippen molar-refractivity contribution < 1.29 is 14.3 Å². The first kappa shape index (κ1) is 15.3. The summed E-state index contributed by atoms with van der Waals surface area (Å²) >= 11 is 0. The molecule has 1 unspecified atom stereocenters. The van der Waals surface area contributed by atoms with Gasteiger partial charge in [-0.1, -0.05) is 36.8 Å². The first-order chi connectivity index (χ1) is 10.1. The van der Waals surface area contributed by atoms with Gasteiger partial charge in [0.05, 0.1) is 0 Å². The fourth-order valence-electron chi connectivity index (χ4n) is 1.99. The van der Waals surface area contributed by atoms with E-state index in [1.165, 1.54) is 6.39 Å². The number of nitrogens with zero attached hydrogens (tertiary/aromatic N) is 1. The van der Waals surface area contributed by atoms with E-state index < -0.39 is 0 Å². The third kappa shape index (κ3) is 3.92. The summed E-state index contributed by atoms with van der Waals surface area (Å²) in [6, 6.07) is 7.73. The Morgan fingerprint density at radius 2 is 2.10 bits per heavy atom.